The van der Waals surface area contributed by atoms with Crippen LogP contribution < -0.4 is 9.47 Å². The number of sulfonamides is 1. The topological polar surface area (TPSA) is 108 Å². The van der Waals surface area contributed by atoms with Gasteiger partial charge in [0.15, 0.2) is 0 Å². The summed E-state index contributed by atoms with van der Waals surface area (Å²) < 4.78 is 82.4. The van der Waals surface area contributed by atoms with E-state index < -0.39 is 38.2 Å². The van der Waals surface area contributed by atoms with Crippen LogP contribution in [0.25, 0.3) is 0 Å². The zero-order chi connectivity index (χ0) is 28.6. The molecular weight excluding hydrogens is 541 g/mol. The lowest BCUT2D eigenvalue weighted by Gasteiger charge is -2.42. The highest BCUT2D eigenvalue weighted by molar-refractivity contribution is 7.90. The van der Waals surface area contributed by atoms with Crippen molar-refractivity contribution < 1.29 is 40.7 Å². The molecule has 0 saturated carbocycles. The molecule has 0 aromatic heterocycles. The van der Waals surface area contributed by atoms with Gasteiger partial charge in [0.2, 0.25) is 10.0 Å². The Bertz CT molecular complexity index is 1450. The molecule has 0 saturated heterocycles. The van der Waals surface area contributed by atoms with Crippen molar-refractivity contribution in [2.75, 3.05) is 20.8 Å². The first-order valence-electron chi connectivity index (χ1n) is 11.7. The van der Waals surface area contributed by atoms with Gasteiger partial charge in [0.25, 0.3) is 5.70 Å². The van der Waals surface area contributed by atoms with Crippen molar-refractivity contribution in [3.05, 3.63) is 81.1 Å². The summed E-state index contributed by atoms with van der Waals surface area (Å²) in [5.41, 5.74) is 0.864. The molecule has 0 bridgehead atoms. The molecule has 9 nitrogen and oxygen atoms in total. The number of methoxy groups -OCH3 is 2. The van der Waals surface area contributed by atoms with Crippen LogP contribution in [0.15, 0.2) is 59.9 Å². The zero-order valence-electron chi connectivity index (χ0n) is 21.2. The summed E-state index contributed by atoms with van der Waals surface area (Å²) in [6.07, 6.45) is 1.11. The largest absolute Gasteiger partial charge is 0.524 e. The molecule has 208 valence electrons. The number of hydrogen-bond acceptors (Lipinski definition) is 7. The number of alkyl halides is 3. The molecule has 1 aromatic carbocycles. The van der Waals surface area contributed by atoms with Crippen LogP contribution in [0.2, 0.25) is 0 Å². The predicted octanol–water partition coefficient (Wildman–Crippen LogP) is 4.22. The molecule has 1 aliphatic heterocycles. The summed E-state index contributed by atoms with van der Waals surface area (Å²) in [5.74, 6) is 5.55. The van der Waals surface area contributed by atoms with Crippen LogP contribution in [0.4, 0.5) is 13.2 Å². The van der Waals surface area contributed by atoms with E-state index in [1.807, 2.05) is 0 Å². The lowest BCUT2D eigenvalue weighted by atomic mass is 9.88. The number of nitrogens with zero attached hydrogens (tertiary/aromatic N) is 2. The van der Waals surface area contributed by atoms with Crippen molar-refractivity contribution in [3.63, 3.8) is 0 Å². The van der Waals surface area contributed by atoms with Gasteiger partial charge in [0.1, 0.15) is 22.4 Å². The third kappa shape index (κ3) is 5.59. The maximum atomic E-state index is 14.3. The van der Waals surface area contributed by atoms with Gasteiger partial charge in [0, 0.05) is 30.3 Å². The minimum absolute atomic E-state index is 0.0414. The highest BCUT2D eigenvalue weighted by atomic mass is 32.2. The van der Waals surface area contributed by atoms with E-state index in [0.29, 0.717) is 16.9 Å². The minimum atomic E-state index is -4.99. The number of ether oxygens (including phenoxy) is 3. The molecule has 13 heteroatoms. The fourth-order valence-corrected chi connectivity index (χ4v) is 6.83. The van der Waals surface area contributed by atoms with Crippen LogP contribution >= 0.6 is 0 Å². The SMILES string of the molecule is COc1cc2c(c(OC)c1)C(C1=CC(OC(F)(F)F)C#CC=C1)N(S(=O)(=O)C1(C)C=C([N+](=O)[O-])C=CC1)CC2. The molecule has 0 amide bonds. The Morgan fingerprint density at radius 1 is 1.21 bits per heavy atom. The first-order chi connectivity index (χ1) is 18.3. The maximum absolute atomic E-state index is 14.3. The molecule has 0 N–H and O–H groups in total. The van der Waals surface area contributed by atoms with E-state index in [2.05, 4.69) is 16.6 Å². The van der Waals surface area contributed by atoms with Gasteiger partial charge in [-0.25, -0.2) is 8.42 Å². The van der Waals surface area contributed by atoms with Crippen molar-refractivity contribution in [2.24, 2.45) is 0 Å². The molecule has 39 heavy (non-hydrogen) atoms. The second-order valence-electron chi connectivity index (χ2n) is 9.19. The second-order valence-corrected chi connectivity index (χ2v) is 11.5. The monoisotopic (exact) mass is 566 g/mol. The third-order valence-corrected chi connectivity index (χ3v) is 9.17. The lowest BCUT2D eigenvalue weighted by molar-refractivity contribution is -0.419. The van der Waals surface area contributed by atoms with Gasteiger partial charge >= 0.3 is 6.36 Å². The quantitative estimate of drug-likeness (QED) is 0.276. The van der Waals surface area contributed by atoms with Crippen molar-refractivity contribution in [3.8, 4) is 23.3 Å². The van der Waals surface area contributed by atoms with Gasteiger partial charge in [-0.3, -0.25) is 14.9 Å². The lowest BCUT2D eigenvalue weighted by Crippen LogP contribution is -2.50. The molecule has 3 aliphatic rings. The van der Waals surface area contributed by atoms with E-state index >= 15 is 0 Å². The van der Waals surface area contributed by atoms with Gasteiger partial charge in [-0.05, 0) is 55.2 Å². The molecule has 0 fully saturated rings. The summed E-state index contributed by atoms with van der Waals surface area (Å²) in [7, 11) is -1.52. The molecule has 4 rings (SSSR count). The highest BCUT2D eigenvalue weighted by Gasteiger charge is 2.49. The van der Waals surface area contributed by atoms with Crippen LogP contribution in [0.5, 0.6) is 11.5 Å². The number of hydrogen-bond donors (Lipinski definition) is 0. The Morgan fingerprint density at radius 2 is 1.95 bits per heavy atom. The highest BCUT2D eigenvalue weighted by Crippen LogP contribution is 2.47. The fraction of sp³-hybridized carbons (Fsp3) is 0.385. The normalized spacial score (nSPS) is 25.0. The Balaban J connectivity index is 1.92. The molecule has 1 aromatic rings. The van der Waals surface area contributed by atoms with Crippen molar-refractivity contribution >= 4 is 10.0 Å². The van der Waals surface area contributed by atoms with Crippen LogP contribution in [-0.2, 0) is 21.2 Å². The Labute approximate surface area is 223 Å². The molecular formula is C26H25F3N2O7S. The summed E-state index contributed by atoms with van der Waals surface area (Å²) in [6.45, 7) is 1.32. The average Bonchev–Trinajstić information content (AvgIpc) is 3.11. The molecule has 3 atom stereocenters. The van der Waals surface area contributed by atoms with E-state index in [-0.39, 0.29) is 36.4 Å². The van der Waals surface area contributed by atoms with Gasteiger partial charge in [-0.1, -0.05) is 17.9 Å². The number of allylic oxidation sites excluding steroid dienone is 3. The first-order valence-corrected chi connectivity index (χ1v) is 13.2. The summed E-state index contributed by atoms with van der Waals surface area (Å²) in [4.78, 5) is 10.8. The zero-order valence-corrected chi connectivity index (χ0v) is 22.0. The predicted molar refractivity (Wildman–Crippen MR) is 135 cm³/mol. The van der Waals surface area contributed by atoms with Crippen LogP contribution in [0.1, 0.15) is 30.5 Å². The van der Waals surface area contributed by atoms with Gasteiger partial charge in [-0.2, -0.15) is 4.31 Å². The summed E-state index contributed by atoms with van der Waals surface area (Å²) in [5, 5.41) is 11.5. The summed E-state index contributed by atoms with van der Waals surface area (Å²) >= 11 is 0. The molecule has 0 radical (unpaired) electrons. The Hall–Kier alpha value is -3.60. The Kier molecular flexibility index (Phi) is 7.66. The summed E-state index contributed by atoms with van der Waals surface area (Å²) in [6, 6.07) is 2.11. The fourth-order valence-electron chi connectivity index (χ4n) is 4.88. The van der Waals surface area contributed by atoms with Crippen LogP contribution in [-0.4, -0.2) is 55.6 Å². The van der Waals surface area contributed by atoms with E-state index in [4.69, 9.17) is 9.47 Å². The first kappa shape index (κ1) is 28.4. The van der Waals surface area contributed by atoms with Gasteiger partial charge in [0.05, 0.1) is 25.2 Å². The van der Waals surface area contributed by atoms with Gasteiger partial charge in [-0.15, -0.1) is 13.2 Å². The Morgan fingerprint density at radius 3 is 2.59 bits per heavy atom. The minimum Gasteiger partial charge on any atom is -0.497 e. The number of fused-ring (bicyclic) bond motifs is 1. The van der Waals surface area contributed by atoms with Crippen LogP contribution in [0.3, 0.4) is 0 Å². The molecule has 3 unspecified atom stereocenters. The van der Waals surface area contributed by atoms with E-state index in [0.717, 1.165) is 16.5 Å². The smallest absolute Gasteiger partial charge is 0.497 e. The number of rotatable bonds is 7. The van der Waals surface area contributed by atoms with Crippen LogP contribution in [0, 0.1) is 22.0 Å². The van der Waals surface area contributed by atoms with E-state index in [1.54, 1.807) is 12.1 Å². The molecule has 2 aliphatic carbocycles. The van der Waals surface area contributed by atoms with Crippen molar-refractivity contribution in [1.82, 2.24) is 4.31 Å². The van der Waals surface area contributed by atoms with E-state index in [1.165, 1.54) is 45.4 Å². The third-order valence-electron chi connectivity index (χ3n) is 6.70. The van der Waals surface area contributed by atoms with Crippen molar-refractivity contribution in [1.29, 1.82) is 0 Å². The van der Waals surface area contributed by atoms with E-state index in [9.17, 15) is 31.7 Å². The maximum Gasteiger partial charge on any atom is 0.524 e. The second kappa shape index (κ2) is 10.5. The molecule has 1 heterocycles. The van der Waals surface area contributed by atoms with Gasteiger partial charge < -0.3 is 9.47 Å². The standard InChI is InChI=1S/C26H25F3N2O7S/c1-25(11-6-8-19(16-25)31(32)33)39(34,35)30-12-10-17-13-21(36-2)15-22(37-3)23(17)24(30)18-7-4-5-9-20(14-18)38-26(27,28)29/h4,6-8,13-16,20,24H,10-12H2,1-3H3. The number of nitro groups is 1. The number of halogens is 3. The molecule has 0 spiro atoms. The van der Waals surface area contributed by atoms with Crippen molar-refractivity contribution in [2.45, 2.75) is 43.0 Å². The number of benzene rings is 1. The average molecular weight is 567 g/mol.